The van der Waals surface area contributed by atoms with E-state index in [4.69, 9.17) is 4.74 Å². The number of anilines is 2. The Bertz CT molecular complexity index is 898. The Kier molecular flexibility index (Phi) is 6.18. The molecule has 0 spiro atoms. The van der Waals surface area contributed by atoms with Crippen molar-refractivity contribution >= 4 is 33.2 Å². The summed E-state index contributed by atoms with van der Waals surface area (Å²) in [4.78, 5) is 22.9. The van der Waals surface area contributed by atoms with Crippen molar-refractivity contribution in [1.29, 1.82) is 0 Å². The highest BCUT2D eigenvalue weighted by atomic mass is 32.2. The Hall–Kier alpha value is -3.07. The lowest BCUT2D eigenvalue weighted by Gasteiger charge is -2.14. The number of hydrogen-bond donors (Lipinski definition) is 3. The molecular weight excluding hydrogens is 358 g/mol. The van der Waals surface area contributed by atoms with Crippen LogP contribution in [0.1, 0.15) is 6.92 Å². The maximum atomic E-state index is 12.4. The van der Waals surface area contributed by atoms with Gasteiger partial charge in [-0.1, -0.05) is 18.2 Å². The molecule has 0 atom stereocenters. The third kappa shape index (κ3) is 5.21. The van der Waals surface area contributed by atoms with E-state index >= 15 is 0 Å². The summed E-state index contributed by atoms with van der Waals surface area (Å²) < 4.78 is 32.4. The number of carbonyl (C=O) groups is 2. The highest BCUT2D eigenvalue weighted by Gasteiger charge is 2.15. The Labute approximate surface area is 151 Å². The first kappa shape index (κ1) is 19.3. The summed E-state index contributed by atoms with van der Waals surface area (Å²) in [5, 5.41) is 4.94. The van der Waals surface area contributed by atoms with Crippen molar-refractivity contribution in [3.05, 3.63) is 48.5 Å². The van der Waals surface area contributed by atoms with Gasteiger partial charge >= 0.3 is 0 Å². The molecule has 2 aromatic carbocycles. The summed E-state index contributed by atoms with van der Waals surface area (Å²) in [6.45, 7) is 1.09. The molecule has 0 aliphatic rings. The van der Waals surface area contributed by atoms with Crippen LogP contribution in [0.4, 0.5) is 11.4 Å². The van der Waals surface area contributed by atoms with E-state index in [1.807, 2.05) is 0 Å². The van der Waals surface area contributed by atoms with E-state index in [2.05, 4.69) is 15.4 Å². The minimum atomic E-state index is -3.76. The molecule has 0 fully saturated rings. The average molecular weight is 377 g/mol. The van der Waals surface area contributed by atoms with Crippen molar-refractivity contribution in [2.75, 3.05) is 23.7 Å². The highest BCUT2D eigenvalue weighted by molar-refractivity contribution is 7.92. The van der Waals surface area contributed by atoms with E-state index in [1.54, 1.807) is 18.2 Å². The number of carbonyl (C=O) groups excluding carboxylic acids is 2. The second-order valence-corrected chi connectivity index (χ2v) is 6.97. The number of ether oxygens (including phenoxy) is 1. The minimum absolute atomic E-state index is 0.118. The molecule has 138 valence electrons. The van der Waals surface area contributed by atoms with Gasteiger partial charge in [-0.15, -0.1) is 0 Å². The number of amides is 2. The minimum Gasteiger partial charge on any atom is -0.495 e. The lowest BCUT2D eigenvalue weighted by atomic mass is 10.2. The number of benzene rings is 2. The quantitative estimate of drug-likeness (QED) is 0.678. The molecule has 0 bridgehead atoms. The zero-order valence-electron chi connectivity index (χ0n) is 14.3. The van der Waals surface area contributed by atoms with E-state index in [0.717, 1.165) is 0 Å². The van der Waals surface area contributed by atoms with Crippen LogP contribution in [-0.4, -0.2) is 33.9 Å². The molecule has 2 aromatic rings. The molecule has 26 heavy (non-hydrogen) atoms. The Balaban J connectivity index is 2.21. The third-order valence-corrected chi connectivity index (χ3v) is 4.67. The van der Waals surface area contributed by atoms with E-state index in [-0.39, 0.29) is 28.7 Å². The van der Waals surface area contributed by atoms with Gasteiger partial charge in [-0.3, -0.25) is 14.3 Å². The van der Waals surface area contributed by atoms with Crippen LogP contribution in [0.25, 0.3) is 0 Å². The number of nitrogens with one attached hydrogen (secondary N) is 3. The Morgan fingerprint density at radius 1 is 1.08 bits per heavy atom. The van der Waals surface area contributed by atoms with Crippen molar-refractivity contribution < 1.29 is 22.7 Å². The van der Waals surface area contributed by atoms with Gasteiger partial charge in [0.05, 0.1) is 29.9 Å². The average Bonchev–Trinajstić information content (AvgIpc) is 2.61. The molecule has 3 N–H and O–H groups in total. The first-order chi connectivity index (χ1) is 12.3. The van der Waals surface area contributed by atoms with Gasteiger partial charge in [0, 0.05) is 6.92 Å². The summed E-state index contributed by atoms with van der Waals surface area (Å²) in [5.41, 5.74) is 0.528. The van der Waals surface area contributed by atoms with Crippen LogP contribution in [0.15, 0.2) is 53.4 Å². The first-order valence-electron chi connectivity index (χ1n) is 7.62. The second kappa shape index (κ2) is 8.34. The summed E-state index contributed by atoms with van der Waals surface area (Å²) in [5.74, 6) is -0.457. The predicted molar refractivity (Wildman–Crippen MR) is 97.6 cm³/mol. The topological polar surface area (TPSA) is 114 Å². The first-order valence-corrected chi connectivity index (χ1v) is 9.10. The molecule has 0 saturated carbocycles. The van der Waals surface area contributed by atoms with Crippen LogP contribution in [0.5, 0.6) is 5.75 Å². The lowest BCUT2D eigenvalue weighted by Crippen LogP contribution is -2.31. The fraction of sp³-hybridized carbons (Fsp3) is 0.176. The van der Waals surface area contributed by atoms with Crippen LogP contribution in [0.2, 0.25) is 0 Å². The standard InChI is InChI=1S/C17H19N3O5S/c1-12(21)18-11-17(22)19-15-10-13(8-9-16(15)25-2)20-26(23,24)14-6-4-3-5-7-14/h3-10,20H,11H2,1-2H3,(H,18,21)(H,19,22). The normalized spacial score (nSPS) is 10.7. The smallest absolute Gasteiger partial charge is 0.261 e. The highest BCUT2D eigenvalue weighted by Crippen LogP contribution is 2.29. The van der Waals surface area contributed by atoms with Gasteiger partial charge in [0.25, 0.3) is 10.0 Å². The van der Waals surface area contributed by atoms with Gasteiger partial charge in [-0.2, -0.15) is 0 Å². The molecule has 8 nitrogen and oxygen atoms in total. The van der Waals surface area contributed by atoms with Crippen LogP contribution in [-0.2, 0) is 19.6 Å². The van der Waals surface area contributed by atoms with Gasteiger partial charge in [0.2, 0.25) is 11.8 Å². The van der Waals surface area contributed by atoms with Crippen molar-refractivity contribution in [3.63, 3.8) is 0 Å². The molecule has 0 heterocycles. The zero-order valence-corrected chi connectivity index (χ0v) is 15.1. The lowest BCUT2D eigenvalue weighted by molar-refractivity contribution is -0.122. The van der Waals surface area contributed by atoms with Crippen molar-refractivity contribution in [3.8, 4) is 5.75 Å². The number of sulfonamides is 1. The summed E-state index contributed by atoms with van der Waals surface area (Å²) >= 11 is 0. The molecule has 2 amide bonds. The third-order valence-electron chi connectivity index (χ3n) is 3.28. The zero-order chi connectivity index (χ0) is 19.2. The van der Waals surface area contributed by atoms with Crippen LogP contribution < -0.4 is 20.1 Å². The predicted octanol–water partition coefficient (Wildman–Crippen LogP) is 1.57. The maximum absolute atomic E-state index is 12.4. The van der Waals surface area contributed by atoms with Gasteiger partial charge in [0.1, 0.15) is 5.75 Å². The second-order valence-electron chi connectivity index (χ2n) is 5.29. The summed E-state index contributed by atoms with van der Waals surface area (Å²) in [7, 11) is -2.34. The molecule has 2 rings (SSSR count). The summed E-state index contributed by atoms with van der Waals surface area (Å²) in [6.07, 6.45) is 0. The van der Waals surface area contributed by atoms with Crippen molar-refractivity contribution in [2.45, 2.75) is 11.8 Å². The van der Waals surface area contributed by atoms with Crippen LogP contribution in [0, 0.1) is 0 Å². The fourth-order valence-electron chi connectivity index (χ4n) is 2.08. The van der Waals surface area contributed by atoms with E-state index < -0.39 is 15.9 Å². The fourth-order valence-corrected chi connectivity index (χ4v) is 3.15. The SMILES string of the molecule is COc1ccc(NS(=O)(=O)c2ccccc2)cc1NC(=O)CNC(C)=O. The molecule has 0 aliphatic heterocycles. The number of rotatable bonds is 7. The van der Waals surface area contributed by atoms with Crippen LogP contribution in [0.3, 0.4) is 0 Å². The monoisotopic (exact) mass is 377 g/mol. The largest absolute Gasteiger partial charge is 0.495 e. The van der Waals surface area contributed by atoms with Crippen molar-refractivity contribution in [2.24, 2.45) is 0 Å². The van der Waals surface area contributed by atoms with Gasteiger partial charge in [0.15, 0.2) is 0 Å². The number of methoxy groups -OCH3 is 1. The Morgan fingerprint density at radius 2 is 1.77 bits per heavy atom. The Morgan fingerprint density at radius 3 is 2.38 bits per heavy atom. The molecule has 0 aromatic heterocycles. The number of hydrogen-bond acceptors (Lipinski definition) is 5. The molecule has 0 aliphatic carbocycles. The molecule has 9 heteroatoms. The molecule has 0 radical (unpaired) electrons. The van der Waals surface area contributed by atoms with Crippen LogP contribution >= 0.6 is 0 Å². The van der Waals surface area contributed by atoms with E-state index in [9.17, 15) is 18.0 Å². The van der Waals surface area contributed by atoms with Gasteiger partial charge < -0.3 is 15.4 Å². The van der Waals surface area contributed by atoms with Crippen molar-refractivity contribution in [1.82, 2.24) is 5.32 Å². The molecular formula is C17H19N3O5S. The van der Waals surface area contributed by atoms with E-state index in [0.29, 0.717) is 5.75 Å². The van der Waals surface area contributed by atoms with Gasteiger partial charge in [-0.25, -0.2) is 8.42 Å². The molecule has 0 unspecified atom stereocenters. The van der Waals surface area contributed by atoms with E-state index in [1.165, 1.54) is 44.4 Å². The summed E-state index contributed by atoms with van der Waals surface area (Å²) in [6, 6.07) is 12.4. The molecule has 0 saturated heterocycles. The maximum Gasteiger partial charge on any atom is 0.261 e. The van der Waals surface area contributed by atoms with Gasteiger partial charge in [-0.05, 0) is 30.3 Å².